The van der Waals surface area contributed by atoms with E-state index < -0.39 is 11.2 Å². The zero-order valence-electron chi connectivity index (χ0n) is 10.7. The Morgan fingerprint density at radius 2 is 1.58 bits per heavy atom. The SMILES string of the molecule is COc1cc(F)c(C(Cl)c2ccccc2)cc1OC. The molecule has 0 saturated carbocycles. The van der Waals surface area contributed by atoms with Crippen LogP contribution in [0.1, 0.15) is 16.5 Å². The first-order valence-electron chi connectivity index (χ1n) is 5.77. The Morgan fingerprint density at radius 3 is 2.16 bits per heavy atom. The zero-order chi connectivity index (χ0) is 13.8. The third-order valence-electron chi connectivity index (χ3n) is 2.87. The third kappa shape index (κ3) is 2.82. The fourth-order valence-corrected chi connectivity index (χ4v) is 2.18. The highest BCUT2D eigenvalue weighted by Crippen LogP contribution is 2.37. The fourth-order valence-electron chi connectivity index (χ4n) is 1.87. The van der Waals surface area contributed by atoms with Crippen molar-refractivity contribution in [1.29, 1.82) is 0 Å². The molecule has 2 aromatic carbocycles. The molecule has 0 aliphatic heterocycles. The Morgan fingerprint density at radius 1 is 1.00 bits per heavy atom. The van der Waals surface area contributed by atoms with Crippen LogP contribution in [-0.2, 0) is 0 Å². The monoisotopic (exact) mass is 280 g/mol. The zero-order valence-corrected chi connectivity index (χ0v) is 11.4. The maximum absolute atomic E-state index is 14.1. The van der Waals surface area contributed by atoms with E-state index in [0.717, 1.165) is 5.56 Å². The van der Waals surface area contributed by atoms with Crippen molar-refractivity contribution in [3.63, 3.8) is 0 Å². The topological polar surface area (TPSA) is 18.5 Å². The van der Waals surface area contributed by atoms with E-state index in [0.29, 0.717) is 17.1 Å². The van der Waals surface area contributed by atoms with E-state index in [-0.39, 0.29) is 0 Å². The van der Waals surface area contributed by atoms with Gasteiger partial charge in [-0.2, -0.15) is 0 Å². The molecular formula is C15H14ClFO2. The quantitative estimate of drug-likeness (QED) is 0.783. The maximum atomic E-state index is 14.1. The van der Waals surface area contributed by atoms with Crippen molar-refractivity contribution in [3.05, 3.63) is 59.4 Å². The molecule has 0 aromatic heterocycles. The molecule has 2 nitrogen and oxygen atoms in total. The summed E-state index contributed by atoms with van der Waals surface area (Å²) in [5.41, 5.74) is 1.20. The van der Waals surface area contributed by atoms with Crippen LogP contribution in [0.2, 0.25) is 0 Å². The first-order valence-corrected chi connectivity index (χ1v) is 6.21. The van der Waals surface area contributed by atoms with Crippen LogP contribution < -0.4 is 9.47 Å². The fraction of sp³-hybridized carbons (Fsp3) is 0.200. The van der Waals surface area contributed by atoms with Crippen LogP contribution in [0.5, 0.6) is 11.5 Å². The average Bonchev–Trinajstić information content (AvgIpc) is 2.47. The standard InChI is InChI=1S/C15H14ClFO2/c1-18-13-8-11(12(17)9-14(13)19-2)15(16)10-6-4-3-5-7-10/h3-9,15H,1-2H3. The molecule has 4 heteroatoms. The van der Waals surface area contributed by atoms with E-state index in [9.17, 15) is 4.39 Å². The molecule has 0 bridgehead atoms. The number of methoxy groups -OCH3 is 2. The van der Waals surface area contributed by atoms with Crippen LogP contribution in [0.3, 0.4) is 0 Å². The van der Waals surface area contributed by atoms with E-state index in [1.54, 1.807) is 6.07 Å². The number of hydrogen-bond acceptors (Lipinski definition) is 2. The van der Waals surface area contributed by atoms with Crippen molar-refractivity contribution >= 4 is 11.6 Å². The highest BCUT2D eigenvalue weighted by molar-refractivity contribution is 6.22. The van der Waals surface area contributed by atoms with Crippen molar-refractivity contribution in [1.82, 2.24) is 0 Å². The molecule has 0 fully saturated rings. The third-order valence-corrected chi connectivity index (χ3v) is 3.36. The molecule has 1 unspecified atom stereocenters. The molecule has 0 aliphatic rings. The molecule has 100 valence electrons. The lowest BCUT2D eigenvalue weighted by Gasteiger charge is -2.15. The predicted molar refractivity (Wildman–Crippen MR) is 73.6 cm³/mol. The number of alkyl halides is 1. The van der Waals surface area contributed by atoms with Crippen LogP contribution in [0.25, 0.3) is 0 Å². The Kier molecular flexibility index (Phi) is 4.27. The average molecular weight is 281 g/mol. The van der Waals surface area contributed by atoms with Crippen molar-refractivity contribution in [2.24, 2.45) is 0 Å². The normalized spacial score (nSPS) is 12.0. The van der Waals surface area contributed by atoms with Crippen molar-refractivity contribution in [2.45, 2.75) is 5.38 Å². The number of halogens is 2. The summed E-state index contributed by atoms with van der Waals surface area (Å²) >= 11 is 6.32. The summed E-state index contributed by atoms with van der Waals surface area (Å²) in [7, 11) is 2.97. The molecule has 1 atom stereocenters. The van der Waals surface area contributed by atoms with E-state index in [1.807, 2.05) is 30.3 Å². The number of rotatable bonds is 4. The van der Waals surface area contributed by atoms with Gasteiger partial charge in [-0.3, -0.25) is 0 Å². The van der Waals surface area contributed by atoms with Gasteiger partial charge < -0.3 is 9.47 Å². The summed E-state index contributed by atoms with van der Waals surface area (Å²) in [6, 6.07) is 12.2. The predicted octanol–water partition coefficient (Wildman–Crippen LogP) is 4.17. The first-order chi connectivity index (χ1) is 9.17. The molecule has 0 spiro atoms. The van der Waals surface area contributed by atoms with Gasteiger partial charge >= 0.3 is 0 Å². The lowest BCUT2D eigenvalue weighted by atomic mass is 10.0. The van der Waals surface area contributed by atoms with E-state index in [4.69, 9.17) is 21.1 Å². The number of hydrogen-bond donors (Lipinski definition) is 0. The highest BCUT2D eigenvalue weighted by atomic mass is 35.5. The summed E-state index contributed by atoms with van der Waals surface area (Å²) in [6.45, 7) is 0. The van der Waals surface area contributed by atoms with Crippen LogP contribution in [0.4, 0.5) is 4.39 Å². The van der Waals surface area contributed by atoms with Gasteiger partial charge in [0.25, 0.3) is 0 Å². The molecule has 2 rings (SSSR count). The molecule has 19 heavy (non-hydrogen) atoms. The van der Waals surface area contributed by atoms with Crippen molar-refractivity contribution in [3.8, 4) is 11.5 Å². The van der Waals surface area contributed by atoms with Crippen molar-refractivity contribution in [2.75, 3.05) is 14.2 Å². The molecule has 0 saturated heterocycles. The van der Waals surface area contributed by atoms with E-state index >= 15 is 0 Å². The minimum Gasteiger partial charge on any atom is -0.493 e. The summed E-state index contributed by atoms with van der Waals surface area (Å²) in [5, 5.41) is -0.569. The van der Waals surface area contributed by atoms with Gasteiger partial charge in [0.15, 0.2) is 11.5 Å². The minimum atomic E-state index is -0.569. The maximum Gasteiger partial charge on any atom is 0.163 e. The summed E-state index contributed by atoms with van der Waals surface area (Å²) in [6.07, 6.45) is 0. The van der Waals surface area contributed by atoms with Crippen LogP contribution in [0.15, 0.2) is 42.5 Å². The first kappa shape index (κ1) is 13.7. The van der Waals surface area contributed by atoms with Gasteiger partial charge in [-0.15, -0.1) is 11.6 Å². The highest BCUT2D eigenvalue weighted by Gasteiger charge is 2.18. The van der Waals surface area contributed by atoms with Crippen molar-refractivity contribution < 1.29 is 13.9 Å². The van der Waals surface area contributed by atoms with Gasteiger partial charge in [0.05, 0.1) is 19.6 Å². The van der Waals surface area contributed by atoms with Gasteiger partial charge in [-0.1, -0.05) is 30.3 Å². The number of benzene rings is 2. The summed E-state index contributed by atoms with van der Waals surface area (Å²) in [4.78, 5) is 0. The molecule has 2 aromatic rings. The van der Waals surface area contributed by atoms with Gasteiger partial charge in [0, 0.05) is 11.6 Å². The summed E-state index contributed by atoms with van der Waals surface area (Å²) < 4.78 is 24.3. The molecule has 0 amide bonds. The minimum absolute atomic E-state index is 0.348. The lowest BCUT2D eigenvalue weighted by molar-refractivity contribution is 0.351. The molecule has 0 aliphatic carbocycles. The van der Waals surface area contributed by atoms with Gasteiger partial charge in [0.2, 0.25) is 0 Å². The van der Waals surface area contributed by atoms with Crippen LogP contribution in [-0.4, -0.2) is 14.2 Å². The Hall–Kier alpha value is -1.74. The molecule has 0 heterocycles. The second-order valence-electron chi connectivity index (χ2n) is 4.00. The Labute approximate surface area is 116 Å². The van der Waals surface area contributed by atoms with Gasteiger partial charge in [0.1, 0.15) is 5.82 Å². The largest absolute Gasteiger partial charge is 0.493 e. The smallest absolute Gasteiger partial charge is 0.163 e. The lowest BCUT2D eigenvalue weighted by Crippen LogP contribution is -2.00. The molecule has 0 N–H and O–H groups in total. The summed E-state index contributed by atoms with van der Waals surface area (Å²) in [5.74, 6) is 0.391. The second-order valence-corrected chi connectivity index (χ2v) is 4.44. The van der Waals surface area contributed by atoms with E-state index in [2.05, 4.69) is 0 Å². The van der Waals surface area contributed by atoms with Gasteiger partial charge in [-0.05, 0) is 11.6 Å². The number of ether oxygens (including phenoxy) is 2. The van der Waals surface area contributed by atoms with E-state index in [1.165, 1.54) is 20.3 Å². The second kappa shape index (κ2) is 5.93. The Balaban J connectivity index is 2.45. The Bertz CT molecular complexity index is 558. The van der Waals surface area contributed by atoms with Crippen LogP contribution >= 0.6 is 11.6 Å². The molecular weight excluding hydrogens is 267 g/mol. The van der Waals surface area contributed by atoms with Gasteiger partial charge in [-0.25, -0.2) is 4.39 Å². The molecule has 0 radical (unpaired) electrons. The van der Waals surface area contributed by atoms with Crippen LogP contribution in [0, 0.1) is 5.82 Å².